The second-order valence-electron chi connectivity index (χ2n) is 9.33. The van der Waals surface area contributed by atoms with Crippen LogP contribution in [0.5, 0.6) is 23.0 Å². The number of aromatic hydroxyl groups is 2. The van der Waals surface area contributed by atoms with E-state index in [2.05, 4.69) is 4.18 Å². The average molecular weight is 559 g/mol. The number of rotatable bonds is 10. The molecule has 7 N–H and O–H groups in total. The van der Waals surface area contributed by atoms with E-state index in [-0.39, 0.29) is 23.3 Å². The first-order valence-electron chi connectivity index (χ1n) is 11.6. The monoisotopic (exact) mass is 558 g/mol. The lowest BCUT2D eigenvalue weighted by atomic mass is 9.85. The van der Waals surface area contributed by atoms with Crippen molar-refractivity contribution in [2.75, 3.05) is 0 Å². The standard InChI is InChI=1S/C24H30O13S/c1-11(12(2)8-14-4-6-16(26)18(10-14)37-38(32,33)34)7-13-3-5-15(25)17(9-13)35-24-21(29)19(27)20(28)22(36-24)23(30)31/h3-6,9-12,19-22,24-29H,7-8H2,1-2H3,(H,30,31)(H,32,33,34)/t11-,12+,19-,20-,21+,22-,24+/m0/s1. The summed E-state index contributed by atoms with van der Waals surface area (Å²) in [4.78, 5) is 11.3. The molecular weight excluding hydrogens is 528 g/mol. The summed E-state index contributed by atoms with van der Waals surface area (Å²) in [7, 11) is -4.81. The Bertz CT molecular complexity index is 1250. The van der Waals surface area contributed by atoms with Crippen LogP contribution in [0.2, 0.25) is 0 Å². The number of aliphatic hydroxyl groups is 3. The molecule has 0 radical (unpaired) electrons. The number of ether oxygens (including phenoxy) is 2. The molecule has 1 heterocycles. The van der Waals surface area contributed by atoms with Crippen LogP contribution in [0, 0.1) is 11.8 Å². The highest BCUT2D eigenvalue weighted by Crippen LogP contribution is 2.34. The van der Waals surface area contributed by atoms with Crippen molar-refractivity contribution in [3.8, 4) is 23.0 Å². The van der Waals surface area contributed by atoms with Crippen molar-refractivity contribution in [3.05, 3.63) is 47.5 Å². The van der Waals surface area contributed by atoms with E-state index in [1.54, 1.807) is 12.1 Å². The first-order valence-corrected chi connectivity index (χ1v) is 12.9. The number of aliphatic hydroxyl groups excluding tert-OH is 3. The number of carboxylic acid groups (broad SMARTS) is 1. The van der Waals surface area contributed by atoms with Crippen molar-refractivity contribution in [2.24, 2.45) is 11.8 Å². The molecule has 1 saturated heterocycles. The van der Waals surface area contributed by atoms with E-state index < -0.39 is 58.6 Å². The second kappa shape index (κ2) is 11.7. The van der Waals surface area contributed by atoms with Crippen LogP contribution in [-0.4, -0.2) is 80.3 Å². The predicted octanol–water partition coefficient (Wildman–Crippen LogP) is 0.608. The van der Waals surface area contributed by atoms with Crippen LogP contribution >= 0.6 is 0 Å². The van der Waals surface area contributed by atoms with Gasteiger partial charge in [-0.3, -0.25) is 4.55 Å². The van der Waals surface area contributed by atoms with Crippen molar-refractivity contribution in [1.82, 2.24) is 0 Å². The van der Waals surface area contributed by atoms with Crippen LogP contribution < -0.4 is 8.92 Å². The zero-order valence-electron chi connectivity index (χ0n) is 20.4. The lowest BCUT2D eigenvalue weighted by molar-refractivity contribution is -0.271. The minimum Gasteiger partial charge on any atom is -0.504 e. The summed E-state index contributed by atoms with van der Waals surface area (Å²) in [5.74, 6) is -2.83. The Labute approximate surface area is 218 Å². The normalized spacial score (nSPS) is 25.4. The van der Waals surface area contributed by atoms with Gasteiger partial charge in [0.05, 0.1) is 0 Å². The smallest absolute Gasteiger partial charge is 0.446 e. The van der Waals surface area contributed by atoms with Gasteiger partial charge in [-0.05, 0) is 60.1 Å². The van der Waals surface area contributed by atoms with Crippen LogP contribution in [0.1, 0.15) is 25.0 Å². The van der Waals surface area contributed by atoms with Gasteiger partial charge in [-0.15, -0.1) is 0 Å². The van der Waals surface area contributed by atoms with Crippen LogP contribution in [0.3, 0.4) is 0 Å². The van der Waals surface area contributed by atoms with Gasteiger partial charge >= 0.3 is 16.4 Å². The number of hydrogen-bond acceptors (Lipinski definition) is 11. The summed E-state index contributed by atoms with van der Waals surface area (Å²) < 4.78 is 45.8. The zero-order valence-corrected chi connectivity index (χ0v) is 21.2. The number of phenolic OH excluding ortho intramolecular Hbond substituents is 2. The quantitative estimate of drug-likeness (QED) is 0.199. The van der Waals surface area contributed by atoms with E-state index in [9.17, 15) is 43.9 Å². The fourth-order valence-electron chi connectivity index (χ4n) is 4.07. The molecule has 1 aliphatic heterocycles. The Balaban J connectivity index is 1.69. The van der Waals surface area contributed by atoms with E-state index in [0.717, 1.165) is 0 Å². The molecule has 0 spiro atoms. The van der Waals surface area contributed by atoms with Crippen LogP contribution in [-0.2, 0) is 32.8 Å². The molecule has 0 aromatic heterocycles. The lowest BCUT2D eigenvalue weighted by Gasteiger charge is -2.38. The molecular formula is C24H30O13S. The van der Waals surface area contributed by atoms with Gasteiger partial charge in [0, 0.05) is 0 Å². The molecule has 0 amide bonds. The van der Waals surface area contributed by atoms with E-state index in [0.29, 0.717) is 24.0 Å². The summed E-state index contributed by atoms with van der Waals surface area (Å²) >= 11 is 0. The zero-order chi connectivity index (χ0) is 28.4. The van der Waals surface area contributed by atoms with Gasteiger partial charge in [0.2, 0.25) is 6.29 Å². The molecule has 2 aromatic carbocycles. The Hall–Kier alpha value is -3.14. The fraction of sp³-hybridized carbons (Fsp3) is 0.458. The first kappa shape index (κ1) is 29.4. The predicted molar refractivity (Wildman–Crippen MR) is 129 cm³/mol. The topological polar surface area (TPSA) is 221 Å². The summed E-state index contributed by atoms with van der Waals surface area (Å²) in [6.07, 6.45) is -8.12. The van der Waals surface area contributed by atoms with Crippen molar-refractivity contribution in [2.45, 2.75) is 57.4 Å². The maximum Gasteiger partial charge on any atom is 0.446 e. The number of phenols is 2. The van der Waals surface area contributed by atoms with E-state index >= 15 is 0 Å². The van der Waals surface area contributed by atoms with Crippen LogP contribution in [0.4, 0.5) is 0 Å². The molecule has 38 heavy (non-hydrogen) atoms. The third-order valence-electron chi connectivity index (χ3n) is 6.39. The largest absolute Gasteiger partial charge is 0.504 e. The SMILES string of the molecule is C[C@H](Cc1ccc(O)c(OS(=O)(=O)O)c1)[C@@H](C)Cc1ccc(O)c(O[C@@H]2O[C@H](C(=O)O)[C@@H](O)[C@H](O)[C@H]2O)c1. The van der Waals surface area contributed by atoms with Crippen LogP contribution in [0.25, 0.3) is 0 Å². The number of aliphatic carboxylic acids is 1. The van der Waals surface area contributed by atoms with Crippen molar-refractivity contribution in [3.63, 3.8) is 0 Å². The van der Waals surface area contributed by atoms with Crippen LogP contribution in [0.15, 0.2) is 36.4 Å². The third kappa shape index (κ3) is 7.24. The van der Waals surface area contributed by atoms with Crippen molar-refractivity contribution in [1.29, 1.82) is 0 Å². The average Bonchev–Trinajstić information content (AvgIpc) is 2.82. The highest BCUT2D eigenvalue weighted by molar-refractivity contribution is 7.81. The minimum atomic E-state index is -4.81. The summed E-state index contributed by atoms with van der Waals surface area (Å²) in [6.45, 7) is 3.90. The molecule has 1 aliphatic rings. The Morgan fingerprint density at radius 3 is 1.89 bits per heavy atom. The summed E-state index contributed by atoms with van der Waals surface area (Å²) in [5, 5.41) is 59.2. The number of hydrogen-bond donors (Lipinski definition) is 7. The molecule has 7 atom stereocenters. The molecule has 3 rings (SSSR count). The van der Waals surface area contributed by atoms with Gasteiger partial charge in [0.25, 0.3) is 0 Å². The van der Waals surface area contributed by atoms with E-state index in [1.165, 1.54) is 24.3 Å². The molecule has 210 valence electrons. The Kier molecular flexibility index (Phi) is 9.07. The number of benzene rings is 2. The molecule has 0 unspecified atom stereocenters. The Morgan fingerprint density at radius 2 is 1.39 bits per heavy atom. The number of carboxylic acids is 1. The first-order chi connectivity index (χ1) is 17.7. The van der Waals surface area contributed by atoms with Gasteiger partial charge in [0.1, 0.15) is 18.3 Å². The lowest BCUT2D eigenvalue weighted by Crippen LogP contribution is -2.61. The molecule has 2 aromatic rings. The fourth-order valence-corrected chi connectivity index (χ4v) is 4.43. The van der Waals surface area contributed by atoms with Crippen molar-refractivity contribution >= 4 is 16.4 Å². The molecule has 0 aliphatic carbocycles. The van der Waals surface area contributed by atoms with E-state index in [1.807, 2.05) is 13.8 Å². The number of carbonyl (C=O) groups is 1. The minimum absolute atomic E-state index is 0.0211. The second-order valence-corrected chi connectivity index (χ2v) is 10.4. The molecule has 13 nitrogen and oxygen atoms in total. The molecule has 14 heteroatoms. The molecule has 1 fully saturated rings. The maximum absolute atomic E-state index is 11.3. The highest BCUT2D eigenvalue weighted by Gasteiger charge is 2.48. The maximum atomic E-state index is 11.3. The van der Waals surface area contributed by atoms with Gasteiger partial charge in [-0.25, -0.2) is 4.79 Å². The highest BCUT2D eigenvalue weighted by atomic mass is 32.3. The van der Waals surface area contributed by atoms with Gasteiger partial charge in [-0.1, -0.05) is 26.0 Å². The van der Waals surface area contributed by atoms with Gasteiger partial charge in [0.15, 0.2) is 29.1 Å². The third-order valence-corrected chi connectivity index (χ3v) is 6.78. The van der Waals surface area contributed by atoms with Crippen molar-refractivity contribution < 1.29 is 62.1 Å². The van der Waals surface area contributed by atoms with Gasteiger partial charge < -0.3 is 44.3 Å². The summed E-state index contributed by atoms with van der Waals surface area (Å²) in [6, 6.07) is 8.61. The Morgan fingerprint density at radius 1 is 0.895 bits per heavy atom. The molecule has 0 bridgehead atoms. The summed E-state index contributed by atoms with van der Waals surface area (Å²) in [5.41, 5.74) is 1.35. The van der Waals surface area contributed by atoms with E-state index in [4.69, 9.17) is 14.0 Å². The van der Waals surface area contributed by atoms with Gasteiger partial charge in [-0.2, -0.15) is 8.42 Å². The molecule has 0 saturated carbocycles.